The van der Waals surface area contributed by atoms with Crippen molar-refractivity contribution >= 4 is 27.7 Å². The van der Waals surface area contributed by atoms with Crippen LogP contribution >= 0.6 is 15.9 Å². The van der Waals surface area contributed by atoms with Gasteiger partial charge in [-0.05, 0) is 59.1 Å². The van der Waals surface area contributed by atoms with Gasteiger partial charge in [0.15, 0.2) is 17.7 Å². The second-order valence-corrected chi connectivity index (χ2v) is 6.55. The van der Waals surface area contributed by atoms with Gasteiger partial charge in [-0.15, -0.1) is 0 Å². The highest BCUT2D eigenvalue weighted by molar-refractivity contribution is 9.10. The Morgan fingerprint density at radius 2 is 1.89 bits per heavy atom. The number of methoxy groups -OCH3 is 1. The molecule has 0 spiro atoms. The molecule has 2 N–H and O–H groups in total. The zero-order chi connectivity index (χ0) is 19.8. The highest BCUT2D eigenvalue weighted by atomic mass is 79.9. The average Bonchev–Trinajstić information content (AvgIpc) is 2.66. The summed E-state index contributed by atoms with van der Waals surface area (Å²) in [6.45, 7) is 1.46. The fraction of sp³-hybridized carbons (Fsp3) is 0.263. The van der Waals surface area contributed by atoms with E-state index in [1.807, 2.05) is 12.1 Å². The molecule has 1 unspecified atom stereocenters. The van der Waals surface area contributed by atoms with E-state index >= 15 is 0 Å². The number of hydrazine groups is 1. The molecule has 2 amide bonds. The van der Waals surface area contributed by atoms with Crippen molar-refractivity contribution in [2.24, 2.45) is 0 Å². The standard InChI is InChI=1S/C19H20BrFN2O4/c1-12(27-17-6-4-3-5-15(17)21)19(25)23-22-18(24)10-8-13-7-9-16(26-2)14(20)11-13/h3-7,9,11-12H,8,10H2,1-2H3,(H,22,24)(H,23,25). The van der Waals surface area contributed by atoms with Gasteiger partial charge in [-0.25, -0.2) is 4.39 Å². The van der Waals surface area contributed by atoms with E-state index in [0.29, 0.717) is 12.2 Å². The summed E-state index contributed by atoms with van der Waals surface area (Å²) in [4.78, 5) is 23.9. The van der Waals surface area contributed by atoms with Crippen LogP contribution in [0.2, 0.25) is 0 Å². The van der Waals surface area contributed by atoms with Gasteiger partial charge in [0.1, 0.15) is 5.75 Å². The minimum atomic E-state index is -0.972. The summed E-state index contributed by atoms with van der Waals surface area (Å²) in [6, 6.07) is 11.3. The van der Waals surface area contributed by atoms with Gasteiger partial charge in [-0.3, -0.25) is 20.4 Å². The normalized spacial score (nSPS) is 11.4. The number of para-hydroxylation sites is 1. The van der Waals surface area contributed by atoms with Crippen molar-refractivity contribution in [1.29, 1.82) is 0 Å². The van der Waals surface area contributed by atoms with E-state index in [1.165, 1.54) is 25.1 Å². The summed E-state index contributed by atoms with van der Waals surface area (Å²) in [5.74, 6) is -0.824. The molecule has 0 radical (unpaired) electrons. The zero-order valence-corrected chi connectivity index (χ0v) is 16.5. The molecule has 0 aromatic heterocycles. The van der Waals surface area contributed by atoms with Gasteiger partial charge < -0.3 is 9.47 Å². The first-order valence-corrected chi connectivity index (χ1v) is 9.02. The van der Waals surface area contributed by atoms with E-state index in [4.69, 9.17) is 9.47 Å². The monoisotopic (exact) mass is 438 g/mol. The Hall–Kier alpha value is -2.61. The predicted molar refractivity (Wildman–Crippen MR) is 102 cm³/mol. The summed E-state index contributed by atoms with van der Waals surface area (Å²) in [6.07, 6.45) is -0.299. The molecule has 0 aliphatic carbocycles. The molecule has 144 valence electrons. The molecule has 2 rings (SSSR count). The topological polar surface area (TPSA) is 76.7 Å². The number of benzene rings is 2. The maximum Gasteiger partial charge on any atom is 0.279 e. The molecule has 0 saturated heterocycles. The molecule has 0 bridgehead atoms. The zero-order valence-electron chi connectivity index (χ0n) is 14.9. The van der Waals surface area contributed by atoms with Gasteiger partial charge in [-0.1, -0.05) is 18.2 Å². The Kier molecular flexibility index (Phi) is 7.60. The van der Waals surface area contributed by atoms with E-state index < -0.39 is 17.8 Å². The van der Waals surface area contributed by atoms with Crippen molar-refractivity contribution in [2.75, 3.05) is 7.11 Å². The van der Waals surface area contributed by atoms with Crippen LogP contribution in [-0.4, -0.2) is 25.0 Å². The molecule has 6 nitrogen and oxygen atoms in total. The number of rotatable bonds is 7. The van der Waals surface area contributed by atoms with Crippen molar-refractivity contribution in [3.63, 3.8) is 0 Å². The lowest BCUT2D eigenvalue weighted by molar-refractivity contribution is -0.132. The number of carbonyl (C=O) groups excluding carboxylic acids is 2. The smallest absolute Gasteiger partial charge is 0.279 e. The van der Waals surface area contributed by atoms with Crippen molar-refractivity contribution in [3.05, 3.63) is 58.3 Å². The van der Waals surface area contributed by atoms with E-state index in [1.54, 1.807) is 19.2 Å². The lowest BCUT2D eigenvalue weighted by atomic mass is 10.1. The van der Waals surface area contributed by atoms with Crippen LogP contribution in [0.4, 0.5) is 4.39 Å². The van der Waals surface area contributed by atoms with E-state index in [0.717, 1.165) is 10.0 Å². The number of amides is 2. The van der Waals surface area contributed by atoms with Crippen LogP contribution in [0.3, 0.4) is 0 Å². The first kappa shape index (κ1) is 20.7. The molecule has 8 heteroatoms. The third-order valence-corrected chi connectivity index (χ3v) is 4.31. The Bertz CT molecular complexity index is 816. The fourth-order valence-electron chi connectivity index (χ4n) is 2.20. The number of nitrogens with one attached hydrogen (secondary N) is 2. The maximum absolute atomic E-state index is 13.5. The molecule has 0 aliphatic heterocycles. The van der Waals surface area contributed by atoms with Gasteiger partial charge in [-0.2, -0.15) is 0 Å². The first-order valence-electron chi connectivity index (χ1n) is 8.23. The minimum Gasteiger partial charge on any atom is -0.496 e. The average molecular weight is 439 g/mol. The number of hydrogen-bond acceptors (Lipinski definition) is 4. The molecule has 27 heavy (non-hydrogen) atoms. The number of carbonyl (C=O) groups is 2. The number of aryl methyl sites for hydroxylation is 1. The van der Waals surface area contributed by atoms with Crippen LogP contribution in [0, 0.1) is 5.82 Å². The molecule has 2 aromatic rings. The SMILES string of the molecule is COc1ccc(CCC(=O)NNC(=O)C(C)Oc2ccccc2F)cc1Br. The Labute approximate surface area is 165 Å². The van der Waals surface area contributed by atoms with Crippen LogP contribution in [0.25, 0.3) is 0 Å². The van der Waals surface area contributed by atoms with Gasteiger partial charge >= 0.3 is 0 Å². The Balaban J connectivity index is 1.76. The van der Waals surface area contributed by atoms with Crippen molar-refractivity contribution in [3.8, 4) is 11.5 Å². The van der Waals surface area contributed by atoms with Gasteiger partial charge in [0, 0.05) is 6.42 Å². The molecular weight excluding hydrogens is 419 g/mol. The van der Waals surface area contributed by atoms with Gasteiger partial charge in [0.2, 0.25) is 5.91 Å². The molecule has 0 saturated carbocycles. The molecule has 0 aliphatic rings. The van der Waals surface area contributed by atoms with Crippen LogP contribution < -0.4 is 20.3 Å². The second kappa shape index (κ2) is 9.91. The third kappa shape index (κ3) is 6.25. The summed E-state index contributed by atoms with van der Waals surface area (Å²) < 4.78 is 24.7. The summed E-state index contributed by atoms with van der Waals surface area (Å²) in [5, 5.41) is 0. The number of hydrogen-bond donors (Lipinski definition) is 2. The summed E-state index contributed by atoms with van der Waals surface area (Å²) in [5.41, 5.74) is 5.54. The van der Waals surface area contributed by atoms with Crippen LogP contribution in [0.5, 0.6) is 11.5 Å². The van der Waals surface area contributed by atoms with Crippen molar-refractivity contribution in [1.82, 2.24) is 10.9 Å². The van der Waals surface area contributed by atoms with Crippen LogP contribution in [0.1, 0.15) is 18.9 Å². The lowest BCUT2D eigenvalue weighted by Gasteiger charge is -2.15. The van der Waals surface area contributed by atoms with Crippen molar-refractivity contribution in [2.45, 2.75) is 25.9 Å². The molecular formula is C19H20BrFN2O4. The molecule has 0 heterocycles. The van der Waals surface area contributed by atoms with E-state index in [9.17, 15) is 14.0 Å². The quantitative estimate of drug-likeness (QED) is 0.650. The Morgan fingerprint density at radius 1 is 1.15 bits per heavy atom. The third-order valence-electron chi connectivity index (χ3n) is 3.69. The van der Waals surface area contributed by atoms with Crippen LogP contribution in [0.15, 0.2) is 46.9 Å². The number of halogens is 2. The largest absolute Gasteiger partial charge is 0.496 e. The first-order chi connectivity index (χ1) is 12.9. The summed E-state index contributed by atoms with van der Waals surface area (Å²) in [7, 11) is 1.58. The highest BCUT2D eigenvalue weighted by Gasteiger charge is 2.17. The molecule has 1 atom stereocenters. The second-order valence-electron chi connectivity index (χ2n) is 5.70. The van der Waals surface area contributed by atoms with Crippen molar-refractivity contribution < 1.29 is 23.5 Å². The van der Waals surface area contributed by atoms with Gasteiger partial charge in [0.25, 0.3) is 5.91 Å². The van der Waals surface area contributed by atoms with Gasteiger partial charge in [0.05, 0.1) is 11.6 Å². The lowest BCUT2D eigenvalue weighted by Crippen LogP contribution is -2.47. The minimum absolute atomic E-state index is 0.0310. The maximum atomic E-state index is 13.5. The van der Waals surface area contributed by atoms with E-state index in [-0.39, 0.29) is 18.1 Å². The highest BCUT2D eigenvalue weighted by Crippen LogP contribution is 2.25. The summed E-state index contributed by atoms with van der Waals surface area (Å²) >= 11 is 3.39. The molecule has 0 fully saturated rings. The predicted octanol–water partition coefficient (Wildman–Crippen LogP) is 3.14. The molecule has 2 aromatic carbocycles. The Morgan fingerprint density at radius 3 is 2.56 bits per heavy atom. The van der Waals surface area contributed by atoms with E-state index in [2.05, 4.69) is 26.8 Å². The fourth-order valence-corrected chi connectivity index (χ4v) is 2.79. The number of ether oxygens (including phenoxy) is 2. The van der Waals surface area contributed by atoms with Crippen LogP contribution in [-0.2, 0) is 16.0 Å².